The van der Waals surface area contributed by atoms with Gasteiger partial charge in [-0.2, -0.15) is 0 Å². The zero-order valence-electron chi connectivity index (χ0n) is 11.4. The van der Waals surface area contributed by atoms with E-state index in [0.717, 1.165) is 16.1 Å². The van der Waals surface area contributed by atoms with Crippen molar-refractivity contribution in [1.29, 1.82) is 0 Å². The first-order chi connectivity index (χ1) is 10.1. The lowest BCUT2D eigenvalue weighted by atomic mass is 10.1. The zero-order valence-corrected chi connectivity index (χ0v) is 13.0. The topological polar surface area (TPSA) is 57.8 Å². The molecule has 1 aromatic carbocycles. The molecule has 3 rings (SSSR count). The SMILES string of the molecule is CC(NCc1nc2ccsc2c(=O)[nH]1)c1ccc(Cl)cc1. The van der Waals surface area contributed by atoms with Gasteiger partial charge in [-0.25, -0.2) is 4.98 Å². The van der Waals surface area contributed by atoms with Gasteiger partial charge in [0.05, 0.1) is 12.1 Å². The van der Waals surface area contributed by atoms with Gasteiger partial charge < -0.3 is 10.3 Å². The Balaban J connectivity index is 1.73. The summed E-state index contributed by atoms with van der Waals surface area (Å²) in [5.74, 6) is 0.645. The molecule has 2 N–H and O–H groups in total. The van der Waals surface area contributed by atoms with E-state index in [1.54, 1.807) is 0 Å². The second kappa shape index (κ2) is 5.97. The lowest BCUT2D eigenvalue weighted by Crippen LogP contribution is -2.21. The molecule has 6 heteroatoms. The number of thiophene rings is 1. The van der Waals surface area contributed by atoms with Crippen molar-refractivity contribution in [3.8, 4) is 0 Å². The predicted octanol–water partition coefficient (Wildman–Crippen LogP) is 3.49. The van der Waals surface area contributed by atoms with Crippen LogP contribution in [0.25, 0.3) is 10.2 Å². The van der Waals surface area contributed by atoms with Gasteiger partial charge in [-0.1, -0.05) is 23.7 Å². The number of halogens is 1. The van der Waals surface area contributed by atoms with Crippen molar-refractivity contribution in [3.05, 3.63) is 62.5 Å². The van der Waals surface area contributed by atoms with Gasteiger partial charge in [0.25, 0.3) is 5.56 Å². The van der Waals surface area contributed by atoms with Crippen LogP contribution in [0.4, 0.5) is 0 Å². The number of hydrogen-bond donors (Lipinski definition) is 2. The van der Waals surface area contributed by atoms with Crippen molar-refractivity contribution in [2.45, 2.75) is 19.5 Å². The minimum atomic E-state index is -0.0778. The Labute approximate surface area is 130 Å². The molecule has 0 aliphatic rings. The fourth-order valence-electron chi connectivity index (χ4n) is 2.12. The molecular weight excluding hydrogens is 306 g/mol. The van der Waals surface area contributed by atoms with Crippen LogP contribution in [0.3, 0.4) is 0 Å². The van der Waals surface area contributed by atoms with Crippen molar-refractivity contribution in [2.24, 2.45) is 0 Å². The number of nitrogens with one attached hydrogen (secondary N) is 2. The fraction of sp³-hybridized carbons (Fsp3) is 0.200. The molecule has 2 aromatic heterocycles. The van der Waals surface area contributed by atoms with Crippen LogP contribution < -0.4 is 10.9 Å². The summed E-state index contributed by atoms with van der Waals surface area (Å²) in [6.07, 6.45) is 0. The molecule has 3 aromatic rings. The van der Waals surface area contributed by atoms with Gasteiger partial charge in [0.1, 0.15) is 10.5 Å². The molecule has 0 saturated carbocycles. The van der Waals surface area contributed by atoms with Crippen molar-refractivity contribution in [2.75, 3.05) is 0 Å². The highest BCUT2D eigenvalue weighted by atomic mass is 35.5. The highest BCUT2D eigenvalue weighted by Crippen LogP contribution is 2.17. The van der Waals surface area contributed by atoms with Crippen LogP contribution in [0.2, 0.25) is 5.02 Å². The van der Waals surface area contributed by atoms with E-state index in [-0.39, 0.29) is 11.6 Å². The number of hydrogen-bond acceptors (Lipinski definition) is 4. The molecule has 0 spiro atoms. The molecule has 0 aliphatic heterocycles. The summed E-state index contributed by atoms with van der Waals surface area (Å²) in [4.78, 5) is 19.1. The van der Waals surface area contributed by atoms with Crippen LogP contribution in [-0.4, -0.2) is 9.97 Å². The zero-order chi connectivity index (χ0) is 14.8. The highest BCUT2D eigenvalue weighted by molar-refractivity contribution is 7.17. The lowest BCUT2D eigenvalue weighted by Gasteiger charge is -2.13. The monoisotopic (exact) mass is 319 g/mol. The molecule has 2 heterocycles. The maximum Gasteiger partial charge on any atom is 0.268 e. The standard InChI is InChI=1S/C15H14ClN3OS/c1-9(10-2-4-11(16)5-3-10)17-8-13-18-12-6-7-21-14(12)15(20)19-13/h2-7,9,17H,8H2,1H3,(H,18,19,20). The van der Waals surface area contributed by atoms with E-state index in [4.69, 9.17) is 11.6 Å². The molecule has 0 saturated heterocycles. The summed E-state index contributed by atoms with van der Waals surface area (Å²) < 4.78 is 0.671. The van der Waals surface area contributed by atoms with E-state index in [1.165, 1.54) is 11.3 Å². The van der Waals surface area contributed by atoms with Crippen LogP contribution in [0, 0.1) is 0 Å². The Morgan fingerprint density at radius 1 is 1.33 bits per heavy atom. The van der Waals surface area contributed by atoms with Gasteiger partial charge >= 0.3 is 0 Å². The van der Waals surface area contributed by atoms with Crippen LogP contribution >= 0.6 is 22.9 Å². The number of rotatable bonds is 4. The molecule has 0 radical (unpaired) electrons. The van der Waals surface area contributed by atoms with Crippen molar-refractivity contribution >= 4 is 33.2 Å². The molecule has 4 nitrogen and oxygen atoms in total. The van der Waals surface area contributed by atoms with Gasteiger partial charge in [0, 0.05) is 11.1 Å². The summed E-state index contributed by atoms with van der Waals surface area (Å²) in [6.45, 7) is 2.56. The highest BCUT2D eigenvalue weighted by Gasteiger charge is 2.08. The van der Waals surface area contributed by atoms with Gasteiger partial charge in [-0.15, -0.1) is 11.3 Å². The maximum absolute atomic E-state index is 11.9. The third kappa shape index (κ3) is 3.15. The predicted molar refractivity (Wildman–Crippen MR) is 86.9 cm³/mol. The maximum atomic E-state index is 11.9. The number of benzene rings is 1. The quantitative estimate of drug-likeness (QED) is 0.774. The number of nitrogens with zero attached hydrogens (tertiary/aromatic N) is 1. The summed E-state index contributed by atoms with van der Waals surface area (Å²) in [5, 5.41) is 5.94. The van der Waals surface area contributed by atoms with Gasteiger partial charge in [-0.3, -0.25) is 4.79 Å². The molecule has 0 bridgehead atoms. The van der Waals surface area contributed by atoms with Crippen LogP contribution in [0.1, 0.15) is 24.4 Å². The number of aromatic nitrogens is 2. The summed E-state index contributed by atoms with van der Waals surface area (Å²) in [7, 11) is 0. The Bertz CT molecular complexity index is 810. The smallest absolute Gasteiger partial charge is 0.268 e. The molecule has 108 valence electrons. The van der Waals surface area contributed by atoms with E-state index in [9.17, 15) is 4.79 Å². The fourth-order valence-corrected chi connectivity index (χ4v) is 2.98. The van der Waals surface area contributed by atoms with E-state index in [1.807, 2.05) is 35.7 Å². The van der Waals surface area contributed by atoms with E-state index in [0.29, 0.717) is 17.1 Å². The third-order valence-corrected chi connectivity index (χ3v) is 4.46. The van der Waals surface area contributed by atoms with Gasteiger partial charge in [0.2, 0.25) is 0 Å². The Kier molecular flexibility index (Phi) is 4.05. The molecule has 0 amide bonds. The average molecular weight is 320 g/mol. The first-order valence-electron chi connectivity index (χ1n) is 6.59. The largest absolute Gasteiger partial charge is 0.308 e. The number of aromatic amines is 1. The van der Waals surface area contributed by atoms with E-state index >= 15 is 0 Å². The second-order valence-electron chi connectivity index (χ2n) is 4.80. The van der Waals surface area contributed by atoms with Crippen LogP contribution in [0.15, 0.2) is 40.5 Å². The second-order valence-corrected chi connectivity index (χ2v) is 6.15. The third-order valence-electron chi connectivity index (χ3n) is 3.31. The Morgan fingerprint density at radius 3 is 2.86 bits per heavy atom. The van der Waals surface area contributed by atoms with Crippen molar-refractivity contribution in [3.63, 3.8) is 0 Å². The molecule has 21 heavy (non-hydrogen) atoms. The minimum absolute atomic E-state index is 0.0778. The first-order valence-corrected chi connectivity index (χ1v) is 7.84. The normalized spacial score (nSPS) is 12.7. The van der Waals surface area contributed by atoms with Crippen molar-refractivity contribution in [1.82, 2.24) is 15.3 Å². The lowest BCUT2D eigenvalue weighted by molar-refractivity contribution is 0.559. The van der Waals surface area contributed by atoms with Gasteiger partial charge in [0.15, 0.2) is 0 Å². The summed E-state index contributed by atoms with van der Waals surface area (Å²) >= 11 is 7.29. The van der Waals surface area contributed by atoms with E-state index < -0.39 is 0 Å². The number of H-pyrrole nitrogens is 1. The van der Waals surface area contributed by atoms with Crippen molar-refractivity contribution < 1.29 is 0 Å². The Morgan fingerprint density at radius 2 is 2.10 bits per heavy atom. The average Bonchev–Trinajstić information content (AvgIpc) is 2.94. The minimum Gasteiger partial charge on any atom is -0.308 e. The number of fused-ring (bicyclic) bond motifs is 1. The molecule has 0 fully saturated rings. The summed E-state index contributed by atoms with van der Waals surface area (Å²) in [5.41, 5.74) is 1.81. The van der Waals surface area contributed by atoms with Crippen LogP contribution in [0.5, 0.6) is 0 Å². The Hall–Kier alpha value is -1.69. The van der Waals surface area contributed by atoms with Gasteiger partial charge in [-0.05, 0) is 36.1 Å². The van der Waals surface area contributed by atoms with E-state index in [2.05, 4.69) is 22.2 Å². The molecule has 1 atom stereocenters. The first kappa shape index (κ1) is 14.3. The molecular formula is C15H14ClN3OS. The molecule has 0 aliphatic carbocycles. The van der Waals surface area contributed by atoms with Crippen LogP contribution in [-0.2, 0) is 6.54 Å². The summed E-state index contributed by atoms with van der Waals surface area (Å²) in [6, 6.07) is 9.71. The molecule has 1 unspecified atom stereocenters.